The average molecular weight is 437 g/mol. The van der Waals surface area contributed by atoms with Crippen LogP contribution in [0.2, 0.25) is 0 Å². The molecule has 3 heteroatoms. The molecule has 1 saturated carbocycles. The molecule has 1 aliphatic carbocycles. The molecule has 0 bridgehead atoms. The number of aryl methyl sites for hydroxylation is 1. The molecule has 0 aromatic heterocycles. The normalized spacial score (nSPS) is 19.2. The molecule has 2 aromatic rings. The summed E-state index contributed by atoms with van der Waals surface area (Å²) in [5.74, 6) is 0.557. The predicted octanol–water partition coefficient (Wildman–Crippen LogP) is 7.83. The molecule has 2 aromatic carbocycles. The molecule has 0 heterocycles. The van der Waals surface area contributed by atoms with Crippen LogP contribution in [0.5, 0.6) is 0 Å². The van der Waals surface area contributed by atoms with Crippen LogP contribution >= 0.6 is 0 Å². The number of hydrogen-bond acceptors (Lipinski definition) is 2. The smallest absolute Gasteiger partial charge is 0.100 e. The van der Waals surface area contributed by atoms with Crippen LogP contribution in [0.15, 0.2) is 54.6 Å². The molecule has 0 radical (unpaired) electrons. The van der Waals surface area contributed by atoms with E-state index in [9.17, 15) is 4.39 Å². The quantitative estimate of drug-likeness (QED) is 0.400. The number of nitriles is 1. The third-order valence-electron chi connectivity index (χ3n) is 6.69. The van der Waals surface area contributed by atoms with Crippen molar-refractivity contribution in [1.82, 2.24) is 4.90 Å². The van der Waals surface area contributed by atoms with Crippen molar-refractivity contribution in [2.24, 2.45) is 0 Å². The van der Waals surface area contributed by atoms with Crippen LogP contribution in [-0.4, -0.2) is 23.2 Å². The molecule has 0 amide bonds. The van der Waals surface area contributed by atoms with Gasteiger partial charge in [-0.15, -0.1) is 0 Å². The van der Waals surface area contributed by atoms with Gasteiger partial charge in [0.25, 0.3) is 0 Å². The van der Waals surface area contributed by atoms with E-state index in [1.807, 2.05) is 0 Å². The maximum Gasteiger partial charge on any atom is 0.100 e. The van der Waals surface area contributed by atoms with Crippen molar-refractivity contribution in [1.29, 1.82) is 5.26 Å². The lowest BCUT2D eigenvalue weighted by Gasteiger charge is -2.35. The Labute approximate surface area is 195 Å². The summed E-state index contributed by atoms with van der Waals surface area (Å²) in [6.07, 6.45) is 6.38. The van der Waals surface area contributed by atoms with Crippen LogP contribution in [-0.2, 0) is 13.0 Å². The number of hydrogen-bond donors (Lipinski definition) is 0. The van der Waals surface area contributed by atoms with Crippen LogP contribution in [0, 0.1) is 11.3 Å². The van der Waals surface area contributed by atoms with E-state index in [1.165, 1.54) is 36.5 Å². The SMILES string of the molecule is CC#N.CCC(CCc1ccc(C2CCC(F)CC2)cc1)N(Cc1ccccc1)C(C)C. The highest BCUT2D eigenvalue weighted by Crippen LogP contribution is 2.34. The van der Waals surface area contributed by atoms with Crippen LogP contribution in [0.1, 0.15) is 88.8 Å². The van der Waals surface area contributed by atoms with Gasteiger partial charge in [0.15, 0.2) is 0 Å². The van der Waals surface area contributed by atoms with Gasteiger partial charge in [-0.25, -0.2) is 4.39 Å². The van der Waals surface area contributed by atoms with Crippen LogP contribution in [0.4, 0.5) is 4.39 Å². The summed E-state index contributed by atoms with van der Waals surface area (Å²) in [4.78, 5) is 2.65. The Hall–Kier alpha value is -2.18. The van der Waals surface area contributed by atoms with Crippen LogP contribution < -0.4 is 0 Å². The average Bonchev–Trinajstić information content (AvgIpc) is 2.81. The van der Waals surface area contributed by atoms with Crippen LogP contribution in [0.25, 0.3) is 0 Å². The van der Waals surface area contributed by atoms with Crippen molar-refractivity contribution < 1.29 is 4.39 Å². The van der Waals surface area contributed by atoms with Gasteiger partial charge in [-0.1, -0.05) is 61.5 Å². The molecule has 174 valence electrons. The molecule has 0 aliphatic heterocycles. The molecule has 0 N–H and O–H groups in total. The minimum absolute atomic E-state index is 0.535. The molecule has 32 heavy (non-hydrogen) atoms. The van der Waals surface area contributed by atoms with Gasteiger partial charge in [0.2, 0.25) is 0 Å². The van der Waals surface area contributed by atoms with Gasteiger partial charge in [-0.05, 0) is 81.4 Å². The third kappa shape index (κ3) is 8.40. The highest BCUT2D eigenvalue weighted by molar-refractivity contribution is 5.26. The van der Waals surface area contributed by atoms with E-state index in [-0.39, 0.29) is 0 Å². The Bertz CT molecular complexity index is 786. The minimum atomic E-state index is -0.573. The van der Waals surface area contributed by atoms with E-state index in [1.54, 1.807) is 6.07 Å². The largest absolute Gasteiger partial charge is 0.294 e. The zero-order chi connectivity index (χ0) is 23.3. The Kier molecular flexibility index (Phi) is 11.5. The first-order valence-electron chi connectivity index (χ1n) is 12.3. The molecule has 0 saturated heterocycles. The van der Waals surface area contributed by atoms with Gasteiger partial charge in [0.1, 0.15) is 6.17 Å². The van der Waals surface area contributed by atoms with Gasteiger partial charge in [-0.3, -0.25) is 4.90 Å². The first kappa shape index (κ1) is 26.1. The van der Waals surface area contributed by atoms with Crippen molar-refractivity contribution in [2.75, 3.05) is 0 Å². The van der Waals surface area contributed by atoms with E-state index in [0.29, 0.717) is 18.0 Å². The molecular formula is C29H41FN2. The Balaban J connectivity index is 0.00000114. The fraction of sp³-hybridized carbons (Fsp3) is 0.552. The van der Waals surface area contributed by atoms with Crippen molar-refractivity contribution in [3.8, 4) is 6.07 Å². The summed E-state index contributed by atoms with van der Waals surface area (Å²) in [6.45, 7) is 9.39. The first-order chi connectivity index (χ1) is 15.5. The van der Waals surface area contributed by atoms with Crippen molar-refractivity contribution >= 4 is 0 Å². The summed E-state index contributed by atoms with van der Waals surface area (Å²) >= 11 is 0. The van der Waals surface area contributed by atoms with Crippen LogP contribution in [0.3, 0.4) is 0 Å². The topological polar surface area (TPSA) is 27.0 Å². The molecule has 0 spiro atoms. The Morgan fingerprint density at radius 1 is 0.969 bits per heavy atom. The van der Waals surface area contributed by atoms with Gasteiger partial charge < -0.3 is 0 Å². The summed E-state index contributed by atoms with van der Waals surface area (Å²) in [6, 6.07) is 22.9. The number of benzene rings is 2. The second kappa shape index (κ2) is 14.1. The third-order valence-corrected chi connectivity index (χ3v) is 6.69. The summed E-state index contributed by atoms with van der Waals surface area (Å²) in [7, 11) is 0. The monoisotopic (exact) mass is 436 g/mol. The summed E-state index contributed by atoms with van der Waals surface area (Å²) < 4.78 is 13.4. The second-order valence-corrected chi connectivity index (χ2v) is 9.27. The van der Waals surface area contributed by atoms with E-state index in [2.05, 4.69) is 80.3 Å². The number of nitrogens with zero attached hydrogens (tertiary/aromatic N) is 2. The summed E-state index contributed by atoms with van der Waals surface area (Å²) in [5.41, 5.74) is 4.22. The van der Waals surface area contributed by atoms with Crippen molar-refractivity contribution in [3.05, 3.63) is 71.3 Å². The molecule has 1 aliphatic rings. The number of alkyl halides is 1. The van der Waals surface area contributed by atoms with Gasteiger partial charge in [-0.2, -0.15) is 5.26 Å². The van der Waals surface area contributed by atoms with Gasteiger partial charge in [0, 0.05) is 25.6 Å². The molecule has 1 unspecified atom stereocenters. The molecule has 3 rings (SSSR count). The van der Waals surface area contributed by atoms with Gasteiger partial charge in [0.05, 0.1) is 6.07 Å². The fourth-order valence-corrected chi connectivity index (χ4v) is 4.81. The lowest BCUT2D eigenvalue weighted by Crippen LogP contribution is -2.39. The fourth-order valence-electron chi connectivity index (χ4n) is 4.81. The first-order valence-corrected chi connectivity index (χ1v) is 12.3. The maximum absolute atomic E-state index is 13.4. The van der Waals surface area contributed by atoms with Gasteiger partial charge >= 0.3 is 0 Å². The van der Waals surface area contributed by atoms with E-state index in [0.717, 1.165) is 38.6 Å². The molecule has 1 atom stereocenters. The predicted molar refractivity (Wildman–Crippen MR) is 133 cm³/mol. The lowest BCUT2D eigenvalue weighted by atomic mass is 9.83. The highest BCUT2D eigenvalue weighted by atomic mass is 19.1. The van der Waals surface area contributed by atoms with E-state index < -0.39 is 6.17 Å². The molecule has 2 nitrogen and oxygen atoms in total. The van der Waals surface area contributed by atoms with Crippen molar-refractivity contribution in [2.45, 2.75) is 103 Å². The Morgan fingerprint density at radius 3 is 2.09 bits per heavy atom. The lowest BCUT2D eigenvalue weighted by molar-refractivity contribution is 0.132. The highest BCUT2D eigenvalue weighted by Gasteiger charge is 2.22. The standard InChI is InChI=1S/C27H38FN.C2H3N/c1-4-27(29(21(2)3)20-23-8-6-5-7-9-23)19-12-22-10-13-24(14-11-22)25-15-17-26(28)18-16-25;1-2-3/h5-11,13-14,21,25-27H,4,12,15-20H2,1-3H3;1H3. The molecular weight excluding hydrogens is 395 g/mol. The zero-order valence-corrected chi connectivity index (χ0v) is 20.4. The van der Waals surface area contributed by atoms with E-state index >= 15 is 0 Å². The maximum atomic E-state index is 13.4. The minimum Gasteiger partial charge on any atom is -0.294 e. The van der Waals surface area contributed by atoms with Crippen molar-refractivity contribution in [3.63, 3.8) is 0 Å². The summed E-state index contributed by atoms with van der Waals surface area (Å²) in [5, 5.41) is 7.32. The van der Waals surface area contributed by atoms with E-state index in [4.69, 9.17) is 5.26 Å². The number of rotatable bonds is 9. The zero-order valence-electron chi connectivity index (χ0n) is 20.4. The number of halogens is 1. The second-order valence-electron chi connectivity index (χ2n) is 9.27. The molecule has 1 fully saturated rings. The Morgan fingerprint density at radius 2 is 1.56 bits per heavy atom.